The van der Waals surface area contributed by atoms with Crippen LogP contribution in [0.2, 0.25) is 5.02 Å². The zero-order valence-corrected chi connectivity index (χ0v) is 13.3. The van der Waals surface area contributed by atoms with Crippen LogP contribution in [-0.2, 0) is 11.3 Å². The molecule has 2 aromatic carbocycles. The molecule has 2 aromatic rings. The molecule has 0 aliphatic heterocycles. The summed E-state index contributed by atoms with van der Waals surface area (Å²) in [5.41, 5.74) is 1.47. The maximum atomic E-state index is 11.5. The monoisotopic (exact) mass is 343 g/mol. The van der Waals surface area contributed by atoms with E-state index in [2.05, 4.69) is 17.2 Å². The minimum absolute atomic E-state index is 0.0184. The minimum Gasteiger partial charge on any atom is -0.478 e. The molecule has 0 aliphatic rings. The summed E-state index contributed by atoms with van der Waals surface area (Å²) in [5.74, 6) is 4.43. The highest BCUT2D eigenvalue weighted by atomic mass is 35.5. The van der Waals surface area contributed by atoms with Crippen LogP contribution >= 0.6 is 11.6 Å². The lowest BCUT2D eigenvalue weighted by molar-refractivity contribution is 0.0697. The maximum Gasteiger partial charge on any atom is 0.408 e. The number of aromatic carboxylic acids is 1. The number of carbonyl (C=O) groups excluding carboxylic acids is 1. The summed E-state index contributed by atoms with van der Waals surface area (Å²) in [5, 5.41) is 11.5. The lowest BCUT2D eigenvalue weighted by atomic mass is 10.1. The van der Waals surface area contributed by atoms with E-state index in [0.717, 1.165) is 5.56 Å². The van der Waals surface area contributed by atoms with Crippen LogP contribution in [0.3, 0.4) is 0 Å². The number of halogens is 1. The third-order valence-electron chi connectivity index (χ3n) is 2.97. The number of hydrogen-bond acceptors (Lipinski definition) is 3. The second-order valence-corrected chi connectivity index (χ2v) is 5.12. The molecule has 0 heterocycles. The molecule has 0 saturated carbocycles. The molecule has 0 aromatic heterocycles. The molecule has 0 fully saturated rings. The van der Waals surface area contributed by atoms with Crippen molar-refractivity contribution in [3.05, 3.63) is 70.2 Å². The molecule has 0 spiro atoms. The molecule has 0 radical (unpaired) electrons. The van der Waals surface area contributed by atoms with Crippen molar-refractivity contribution in [2.75, 3.05) is 6.54 Å². The number of rotatable bonds is 4. The Morgan fingerprint density at radius 1 is 1.17 bits per heavy atom. The van der Waals surface area contributed by atoms with E-state index in [4.69, 9.17) is 21.4 Å². The summed E-state index contributed by atoms with van der Waals surface area (Å²) >= 11 is 5.85. The summed E-state index contributed by atoms with van der Waals surface area (Å²) in [6.07, 6.45) is -0.563. The van der Waals surface area contributed by atoms with E-state index in [9.17, 15) is 9.59 Å². The molecule has 0 bridgehead atoms. The topological polar surface area (TPSA) is 75.6 Å². The number of carbonyl (C=O) groups is 2. The Kier molecular flexibility index (Phi) is 6.23. The first-order chi connectivity index (χ1) is 11.6. The van der Waals surface area contributed by atoms with E-state index in [0.29, 0.717) is 5.56 Å². The van der Waals surface area contributed by atoms with Gasteiger partial charge in [0.1, 0.15) is 6.61 Å². The fourth-order valence-electron chi connectivity index (χ4n) is 1.80. The number of carboxylic acids is 1. The Bertz CT molecular complexity index is 794. The van der Waals surface area contributed by atoms with Crippen molar-refractivity contribution in [3.63, 3.8) is 0 Å². The molecule has 5 nitrogen and oxygen atoms in total. The largest absolute Gasteiger partial charge is 0.478 e. The van der Waals surface area contributed by atoms with Gasteiger partial charge >= 0.3 is 12.1 Å². The highest BCUT2D eigenvalue weighted by Crippen LogP contribution is 2.17. The Labute approximate surface area is 144 Å². The molecule has 6 heteroatoms. The second kappa shape index (κ2) is 8.61. The van der Waals surface area contributed by atoms with Crippen molar-refractivity contribution in [2.45, 2.75) is 6.61 Å². The Morgan fingerprint density at radius 3 is 2.58 bits per heavy atom. The standard InChI is InChI=1S/C18H14ClNO4/c19-16-11-13(8-9-15(16)17(21)22)7-4-10-20-18(23)24-12-14-5-2-1-3-6-14/h1-3,5-6,8-9,11H,10,12H2,(H,20,23)(H,21,22). The van der Waals surface area contributed by atoms with Crippen molar-refractivity contribution in [3.8, 4) is 11.8 Å². The number of hydrogen-bond donors (Lipinski definition) is 2. The van der Waals surface area contributed by atoms with E-state index in [1.165, 1.54) is 12.1 Å². The zero-order chi connectivity index (χ0) is 17.4. The molecule has 0 saturated heterocycles. The number of alkyl carbamates (subject to hydrolysis) is 1. The van der Waals surface area contributed by atoms with Gasteiger partial charge in [-0.2, -0.15) is 0 Å². The van der Waals surface area contributed by atoms with Crippen molar-refractivity contribution >= 4 is 23.7 Å². The van der Waals surface area contributed by atoms with Gasteiger partial charge in [-0.15, -0.1) is 0 Å². The Morgan fingerprint density at radius 2 is 1.92 bits per heavy atom. The summed E-state index contributed by atoms with van der Waals surface area (Å²) < 4.78 is 5.04. The van der Waals surface area contributed by atoms with Gasteiger partial charge < -0.3 is 15.2 Å². The van der Waals surface area contributed by atoms with Gasteiger partial charge in [0.25, 0.3) is 0 Å². The molecule has 0 aliphatic carbocycles. The average Bonchev–Trinajstić information content (AvgIpc) is 2.57. The first kappa shape index (κ1) is 17.4. The molecule has 0 atom stereocenters. The van der Waals surface area contributed by atoms with Crippen molar-refractivity contribution < 1.29 is 19.4 Å². The fraction of sp³-hybridized carbons (Fsp3) is 0.111. The number of carboxylic acid groups (broad SMARTS) is 1. The predicted molar refractivity (Wildman–Crippen MR) is 89.9 cm³/mol. The highest BCUT2D eigenvalue weighted by Gasteiger charge is 2.07. The second-order valence-electron chi connectivity index (χ2n) is 4.72. The summed E-state index contributed by atoms with van der Waals surface area (Å²) in [4.78, 5) is 22.4. The molecule has 122 valence electrons. The summed E-state index contributed by atoms with van der Waals surface area (Å²) in [6, 6.07) is 13.7. The molecule has 24 heavy (non-hydrogen) atoms. The molecule has 0 unspecified atom stereocenters. The molecule has 2 rings (SSSR count). The van der Waals surface area contributed by atoms with Gasteiger partial charge in [0.15, 0.2) is 0 Å². The predicted octanol–water partition coefficient (Wildman–Crippen LogP) is 3.32. The lowest BCUT2D eigenvalue weighted by Crippen LogP contribution is -2.24. The van der Waals surface area contributed by atoms with E-state index in [1.54, 1.807) is 6.07 Å². The van der Waals surface area contributed by atoms with E-state index < -0.39 is 12.1 Å². The van der Waals surface area contributed by atoms with Gasteiger partial charge in [-0.1, -0.05) is 53.8 Å². The van der Waals surface area contributed by atoms with Crippen LogP contribution in [0.25, 0.3) is 0 Å². The third-order valence-corrected chi connectivity index (χ3v) is 3.28. The normalized spacial score (nSPS) is 9.54. The van der Waals surface area contributed by atoms with Gasteiger partial charge in [-0.3, -0.25) is 0 Å². The van der Waals surface area contributed by atoms with E-state index in [-0.39, 0.29) is 23.7 Å². The first-order valence-electron chi connectivity index (χ1n) is 7.02. The Balaban J connectivity index is 1.80. The number of benzene rings is 2. The summed E-state index contributed by atoms with van der Waals surface area (Å²) in [7, 11) is 0. The zero-order valence-electron chi connectivity index (χ0n) is 12.6. The van der Waals surface area contributed by atoms with Crippen molar-refractivity contribution in [1.29, 1.82) is 0 Å². The molecule has 2 N–H and O–H groups in total. The van der Waals surface area contributed by atoms with Crippen LogP contribution in [0.4, 0.5) is 4.79 Å². The van der Waals surface area contributed by atoms with Crippen LogP contribution in [0, 0.1) is 11.8 Å². The van der Waals surface area contributed by atoms with E-state index in [1.807, 2.05) is 30.3 Å². The molecular weight excluding hydrogens is 330 g/mol. The fourth-order valence-corrected chi connectivity index (χ4v) is 2.06. The number of ether oxygens (including phenoxy) is 1. The van der Waals surface area contributed by atoms with Gasteiger partial charge in [-0.05, 0) is 23.8 Å². The first-order valence-corrected chi connectivity index (χ1v) is 7.40. The van der Waals surface area contributed by atoms with Crippen LogP contribution in [0.1, 0.15) is 21.5 Å². The van der Waals surface area contributed by atoms with Gasteiger partial charge in [-0.25, -0.2) is 9.59 Å². The third kappa shape index (κ3) is 5.34. The smallest absolute Gasteiger partial charge is 0.408 e. The van der Waals surface area contributed by atoms with E-state index >= 15 is 0 Å². The minimum atomic E-state index is -1.10. The van der Waals surface area contributed by atoms with Gasteiger partial charge in [0, 0.05) is 5.56 Å². The lowest BCUT2D eigenvalue weighted by Gasteiger charge is -2.04. The highest BCUT2D eigenvalue weighted by molar-refractivity contribution is 6.33. The van der Waals surface area contributed by atoms with Crippen LogP contribution in [0.15, 0.2) is 48.5 Å². The molecular formula is C18H14ClNO4. The van der Waals surface area contributed by atoms with Crippen molar-refractivity contribution in [2.24, 2.45) is 0 Å². The number of amides is 1. The van der Waals surface area contributed by atoms with Gasteiger partial charge in [0.2, 0.25) is 0 Å². The van der Waals surface area contributed by atoms with Crippen LogP contribution in [0.5, 0.6) is 0 Å². The molecule has 1 amide bonds. The van der Waals surface area contributed by atoms with Gasteiger partial charge in [0.05, 0.1) is 17.1 Å². The van der Waals surface area contributed by atoms with Crippen molar-refractivity contribution in [1.82, 2.24) is 5.32 Å². The maximum absolute atomic E-state index is 11.5. The SMILES string of the molecule is O=C(NCC#Cc1ccc(C(=O)O)c(Cl)c1)OCc1ccccc1. The quantitative estimate of drug-likeness (QED) is 0.835. The summed E-state index contributed by atoms with van der Waals surface area (Å²) in [6.45, 7) is 0.290. The Hall–Kier alpha value is -2.97. The average molecular weight is 344 g/mol. The number of nitrogens with one attached hydrogen (secondary N) is 1. The van der Waals surface area contributed by atoms with Crippen LogP contribution in [-0.4, -0.2) is 23.7 Å². The van der Waals surface area contributed by atoms with Crippen LogP contribution < -0.4 is 5.32 Å².